The molecule has 2 rings (SSSR count). The van der Waals surface area contributed by atoms with E-state index in [2.05, 4.69) is 0 Å². The highest BCUT2D eigenvalue weighted by molar-refractivity contribution is 7.97. The number of hydrogen-bond donors (Lipinski definition) is 1. The number of nitro benzene ring substituents is 2. The van der Waals surface area contributed by atoms with E-state index in [1.807, 2.05) is 0 Å². The van der Waals surface area contributed by atoms with Crippen LogP contribution in [0.3, 0.4) is 0 Å². The lowest BCUT2D eigenvalue weighted by Crippen LogP contribution is -2.33. The zero-order chi connectivity index (χ0) is 19.3. The normalized spacial score (nSPS) is 11.9. The highest BCUT2D eigenvalue weighted by Gasteiger charge is 2.22. The van der Waals surface area contributed by atoms with E-state index < -0.39 is 21.9 Å². The second kappa shape index (κ2) is 8.41. The first-order chi connectivity index (χ1) is 12.3. The quantitative estimate of drug-likeness (QED) is 0.421. The van der Waals surface area contributed by atoms with E-state index in [1.165, 1.54) is 31.2 Å². The fourth-order valence-electron chi connectivity index (χ4n) is 2.04. The Morgan fingerprint density at radius 2 is 1.50 bits per heavy atom. The molecule has 0 aliphatic heterocycles. The first-order valence-corrected chi connectivity index (χ1v) is 8.20. The predicted octanol–water partition coefficient (Wildman–Crippen LogP) is 3.49. The molecule has 0 heterocycles. The molecular formula is C16H15N3O6S. The lowest BCUT2D eigenvalue weighted by atomic mass is 10.2. The summed E-state index contributed by atoms with van der Waals surface area (Å²) in [5.74, 6) is -1.03. The summed E-state index contributed by atoms with van der Waals surface area (Å²) in [6, 6.07) is 10.8. The van der Waals surface area contributed by atoms with E-state index in [0.29, 0.717) is 10.5 Å². The average Bonchev–Trinajstić information content (AvgIpc) is 2.61. The smallest absolute Gasteiger partial charge is 0.321 e. The van der Waals surface area contributed by atoms with Gasteiger partial charge in [-0.15, -0.1) is 0 Å². The van der Waals surface area contributed by atoms with E-state index in [0.717, 1.165) is 11.9 Å². The molecule has 26 heavy (non-hydrogen) atoms. The Morgan fingerprint density at radius 3 is 1.92 bits per heavy atom. The zero-order valence-corrected chi connectivity index (χ0v) is 14.5. The minimum Gasteiger partial charge on any atom is -0.480 e. The van der Waals surface area contributed by atoms with Crippen LogP contribution in [0.15, 0.2) is 53.4 Å². The van der Waals surface area contributed by atoms with Gasteiger partial charge in [0.15, 0.2) is 0 Å². The molecule has 0 aliphatic carbocycles. The van der Waals surface area contributed by atoms with E-state index >= 15 is 0 Å². The molecule has 2 aromatic carbocycles. The number of non-ortho nitro benzene ring substituents is 2. The van der Waals surface area contributed by atoms with Crippen molar-refractivity contribution in [3.63, 3.8) is 0 Å². The number of rotatable bonds is 8. The van der Waals surface area contributed by atoms with Gasteiger partial charge >= 0.3 is 5.97 Å². The number of carboxylic acids is 1. The molecule has 1 atom stereocenters. The molecule has 10 heteroatoms. The third-order valence-electron chi connectivity index (χ3n) is 3.55. The lowest BCUT2D eigenvalue weighted by Gasteiger charge is -2.25. The summed E-state index contributed by atoms with van der Waals surface area (Å²) >= 11 is 1.15. The summed E-state index contributed by atoms with van der Waals surface area (Å²) in [5.41, 5.74) is 0.607. The van der Waals surface area contributed by atoms with E-state index in [4.69, 9.17) is 0 Å². The van der Waals surface area contributed by atoms with Crippen molar-refractivity contribution in [2.75, 3.05) is 0 Å². The molecule has 9 nitrogen and oxygen atoms in total. The van der Waals surface area contributed by atoms with Crippen LogP contribution in [0.2, 0.25) is 0 Å². The minimum atomic E-state index is -1.03. The zero-order valence-electron chi connectivity index (χ0n) is 13.6. The SMILES string of the molecule is C[C@@H](C(=O)O)N(Cc1ccc([N+](=O)[O-])cc1)Sc1ccc([N+](=O)[O-])cc1. The van der Waals surface area contributed by atoms with Gasteiger partial charge in [-0.2, -0.15) is 0 Å². The summed E-state index contributed by atoms with van der Waals surface area (Å²) < 4.78 is 1.59. The summed E-state index contributed by atoms with van der Waals surface area (Å²) in [6.07, 6.45) is 0. The largest absolute Gasteiger partial charge is 0.480 e. The van der Waals surface area contributed by atoms with Gasteiger partial charge in [0, 0.05) is 35.7 Å². The van der Waals surface area contributed by atoms with Gasteiger partial charge in [0.2, 0.25) is 0 Å². The Bertz CT molecular complexity index is 750. The van der Waals surface area contributed by atoms with Crippen molar-refractivity contribution in [3.8, 4) is 0 Å². The molecule has 0 aromatic heterocycles. The fraction of sp³-hybridized carbons (Fsp3) is 0.188. The fourth-order valence-corrected chi connectivity index (χ4v) is 3.03. The molecular weight excluding hydrogens is 362 g/mol. The Hall–Kier alpha value is -2.98. The van der Waals surface area contributed by atoms with Gasteiger partial charge in [-0.25, -0.2) is 4.31 Å². The highest BCUT2D eigenvalue weighted by atomic mass is 32.2. The van der Waals surface area contributed by atoms with Crippen LogP contribution >= 0.6 is 11.9 Å². The number of nitrogens with zero attached hydrogens (tertiary/aromatic N) is 3. The Kier molecular flexibility index (Phi) is 6.26. The van der Waals surface area contributed by atoms with Gasteiger partial charge in [-0.1, -0.05) is 12.1 Å². The standard InChI is InChI=1S/C16H15N3O6S/c1-11(16(20)21)17(10-12-2-4-13(5-3-12)18(22)23)26-15-8-6-14(7-9-15)19(24)25/h2-9,11H,10H2,1H3,(H,20,21)/t11-/m0/s1. The first kappa shape index (κ1) is 19.3. The Morgan fingerprint density at radius 1 is 1.04 bits per heavy atom. The highest BCUT2D eigenvalue weighted by Crippen LogP contribution is 2.29. The van der Waals surface area contributed by atoms with E-state index in [9.17, 15) is 30.1 Å². The maximum atomic E-state index is 11.4. The lowest BCUT2D eigenvalue weighted by molar-refractivity contribution is -0.385. The molecule has 0 amide bonds. The van der Waals surface area contributed by atoms with Crippen molar-refractivity contribution < 1.29 is 19.7 Å². The van der Waals surface area contributed by atoms with Crippen LogP contribution < -0.4 is 0 Å². The second-order valence-corrected chi connectivity index (χ2v) is 6.48. The molecule has 136 valence electrons. The van der Waals surface area contributed by atoms with E-state index in [-0.39, 0.29) is 17.9 Å². The Labute approximate surface area is 152 Å². The molecule has 0 radical (unpaired) electrons. The van der Waals surface area contributed by atoms with Gasteiger partial charge in [0.25, 0.3) is 11.4 Å². The number of carbonyl (C=O) groups is 1. The summed E-state index contributed by atoms with van der Waals surface area (Å²) in [6.45, 7) is 1.75. The van der Waals surface area contributed by atoms with Crippen molar-refractivity contribution in [3.05, 3.63) is 74.3 Å². The number of benzene rings is 2. The molecule has 0 fully saturated rings. The van der Waals surface area contributed by atoms with Crippen molar-refractivity contribution in [2.24, 2.45) is 0 Å². The monoisotopic (exact) mass is 377 g/mol. The third kappa shape index (κ3) is 5.01. The topological polar surface area (TPSA) is 127 Å². The Balaban J connectivity index is 2.18. The van der Waals surface area contributed by atoms with Crippen molar-refractivity contribution in [2.45, 2.75) is 24.4 Å². The van der Waals surface area contributed by atoms with Gasteiger partial charge in [-0.3, -0.25) is 25.0 Å². The summed E-state index contributed by atoms with van der Waals surface area (Å²) in [4.78, 5) is 32.4. The molecule has 0 saturated carbocycles. The molecule has 0 aliphatic rings. The summed E-state index contributed by atoms with van der Waals surface area (Å²) in [7, 11) is 0. The molecule has 0 spiro atoms. The molecule has 2 aromatic rings. The van der Waals surface area contributed by atoms with Crippen LogP contribution in [0.1, 0.15) is 12.5 Å². The van der Waals surface area contributed by atoms with Gasteiger partial charge in [0.05, 0.1) is 9.85 Å². The number of carboxylic acid groups (broad SMARTS) is 1. The second-order valence-electron chi connectivity index (χ2n) is 5.36. The van der Waals surface area contributed by atoms with Crippen molar-refractivity contribution >= 4 is 29.3 Å². The average molecular weight is 377 g/mol. The number of nitro groups is 2. The molecule has 0 bridgehead atoms. The number of aliphatic carboxylic acids is 1. The third-order valence-corrected chi connectivity index (χ3v) is 4.71. The molecule has 0 unspecified atom stereocenters. The molecule has 0 saturated heterocycles. The van der Waals surface area contributed by atoms with Crippen LogP contribution in [0.4, 0.5) is 11.4 Å². The first-order valence-electron chi connectivity index (χ1n) is 7.43. The predicted molar refractivity (Wildman–Crippen MR) is 94.7 cm³/mol. The van der Waals surface area contributed by atoms with Crippen LogP contribution in [0.25, 0.3) is 0 Å². The molecule has 1 N–H and O–H groups in total. The number of hydrogen-bond acceptors (Lipinski definition) is 7. The van der Waals surface area contributed by atoms with Crippen LogP contribution in [-0.2, 0) is 11.3 Å². The minimum absolute atomic E-state index is 0.0467. The van der Waals surface area contributed by atoms with Crippen LogP contribution in [0.5, 0.6) is 0 Å². The van der Waals surface area contributed by atoms with Crippen molar-refractivity contribution in [1.82, 2.24) is 4.31 Å². The van der Waals surface area contributed by atoms with Crippen LogP contribution in [0, 0.1) is 20.2 Å². The summed E-state index contributed by atoms with van der Waals surface area (Å²) in [5, 5.41) is 30.7. The van der Waals surface area contributed by atoms with Crippen molar-refractivity contribution in [1.29, 1.82) is 0 Å². The van der Waals surface area contributed by atoms with Gasteiger partial charge < -0.3 is 5.11 Å². The maximum Gasteiger partial charge on any atom is 0.321 e. The van der Waals surface area contributed by atoms with Gasteiger partial charge in [-0.05, 0) is 36.6 Å². The van der Waals surface area contributed by atoms with Crippen LogP contribution in [-0.4, -0.2) is 31.3 Å². The maximum absolute atomic E-state index is 11.4. The van der Waals surface area contributed by atoms with Gasteiger partial charge in [0.1, 0.15) is 6.04 Å². The van der Waals surface area contributed by atoms with E-state index in [1.54, 1.807) is 28.6 Å².